The molecule has 0 bridgehead atoms. The number of ether oxygens (including phenoxy) is 4. The third-order valence-corrected chi connectivity index (χ3v) is 3.98. The summed E-state index contributed by atoms with van der Waals surface area (Å²) in [7, 11) is 4.35. The number of carbonyl (C=O) groups is 2. The fourth-order valence-corrected chi connectivity index (χ4v) is 2.48. The molecule has 3 aromatic rings. The number of esters is 2. The van der Waals surface area contributed by atoms with Gasteiger partial charge in [-0.15, -0.1) is 0 Å². The lowest BCUT2D eigenvalue weighted by molar-refractivity contribution is 0.0429. The highest BCUT2D eigenvalue weighted by Crippen LogP contribution is 2.31. The van der Waals surface area contributed by atoms with Crippen LogP contribution >= 0.6 is 0 Å². The maximum absolute atomic E-state index is 12.1. The Kier molecular flexibility index (Phi) is 6.08. The zero-order valence-electron chi connectivity index (χ0n) is 16.0. The van der Waals surface area contributed by atoms with Crippen LogP contribution in [0.5, 0.6) is 11.5 Å². The molecular formula is C20H18N2O7. The fourth-order valence-electron chi connectivity index (χ4n) is 2.48. The molecular weight excluding hydrogens is 380 g/mol. The van der Waals surface area contributed by atoms with Gasteiger partial charge in [-0.2, -0.15) is 4.98 Å². The van der Waals surface area contributed by atoms with Gasteiger partial charge < -0.3 is 23.5 Å². The van der Waals surface area contributed by atoms with Gasteiger partial charge in [-0.1, -0.05) is 5.16 Å². The first-order valence-corrected chi connectivity index (χ1v) is 8.46. The quantitative estimate of drug-likeness (QED) is 0.555. The van der Waals surface area contributed by atoms with Crippen LogP contribution in [0.25, 0.3) is 11.4 Å². The molecule has 0 radical (unpaired) electrons. The summed E-state index contributed by atoms with van der Waals surface area (Å²) in [6.45, 7) is -0.197. The van der Waals surface area contributed by atoms with Crippen molar-refractivity contribution in [2.75, 3.05) is 21.3 Å². The molecule has 0 aliphatic rings. The van der Waals surface area contributed by atoms with Crippen molar-refractivity contribution in [1.82, 2.24) is 10.1 Å². The molecule has 0 N–H and O–H groups in total. The van der Waals surface area contributed by atoms with Crippen molar-refractivity contribution < 1.29 is 33.1 Å². The third kappa shape index (κ3) is 4.52. The lowest BCUT2D eigenvalue weighted by atomic mass is 10.1. The third-order valence-electron chi connectivity index (χ3n) is 3.98. The normalized spacial score (nSPS) is 10.3. The molecule has 0 saturated heterocycles. The minimum atomic E-state index is -0.590. The van der Waals surface area contributed by atoms with Crippen molar-refractivity contribution in [3.63, 3.8) is 0 Å². The van der Waals surface area contributed by atoms with Crippen molar-refractivity contribution in [2.45, 2.75) is 6.61 Å². The van der Waals surface area contributed by atoms with Crippen LogP contribution in [0.2, 0.25) is 0 Å². The van der Waals surface area contributed by atoms with Gasteiger partial charge in [0.2, 0.25) is 5.82 Å². The van der Waals surface area contributed by atoms with Crippen LogP contribution in [-0.2, 0) is 16.1 Å². The Morgan fingerprint density at radius 3 is 2.17 bits per heavy atom. The second-order valence-corrected chi connectivity index (χ2v) is 5.73. The summed E-state index contributed by atoms with van der Waals surface area (Å²) >= 11 is 0. The highest BCUT2D eigenvalue weighted by atomic mass is 16.6. The van der Waals surface area contributed by atoms with E-state index in [4.69, 9.17) is 18.7 Å². The summed E-state index contributed by atoms with van der Waals surface area (Å²) in [5, 5.41) is 3.88. The van der Waals surface area contributed by atoms with E-state index in [1.54, 1.807) is 25.3 Å². The highest BCUT2D eigenvalue weighted by Gasteiger charge is 2.15. The van der Waals surface area contributed by atoms with Gasteiger partial charge >= 0.3 is 11.9 Å². The van der Waals surface area contributed by atoms with Crippen LogP contribution in [0.4, 0.5) is 0 Å². The number of carbonyl (C=O) groups excluding carboxylic acids is 2. The molecule has 0 aliphatic heterocycles. The number of aromatic nitrogens is 2. The molecule has 9 nitrogen and oxygen atoms in total. The summed E-state index contributed by atoms with van der Waals surface area (Å²) in [5.41, 5.74) is 1.26. The van der Waals surface area contributed by atoms with Crippen LogP contribution in [0.15, 0.2) is 47.0 Å². The summed E-state index contributed by atoms with van der Waals surface area (Å²) < 4.78 is 25.4. The van der Waals surface area contributed by atoms with E-state index in [-0.39, 0.29) is 18.1 Å². The molecule has 0 spiro atoms. The van der Waals surface area contributed by atoms with E-state index in [9.17, 15) is 9.59 Å². The van der Waals surface area contributed by atoms with Crippen LogP contribution in [-0.4, -0.2) is 43.4 Å². The second-order valence-electron chi connectivity index (χ2n) is 5.73. The summed E-state index contributed by atoms with van der Waals surface area (Å²) in [5.74, 6) is 0.477. The molecule has 0 unspecified atom stereocenters. The molecule has 0 atom stereocenters. The van der Waals surface area contributed by atoms with Crippen LogP contribution in [0.3, 0.4) is 0 Å². The average molecular weight is 398 g/mol. The van der Waals surface area contributed by atoms with Gasteiger partial charge in [0.15, 0.2) is 18.1 Å². The molecule has 150 valence electrons. The molecule has 0 fully saturated rings. The molecule has 29 heavy (non-hydrogen) atoms. The van der Waals surface area contributed by atoms with E-state index in [1.807, 2.05) is 0 Å². The second kappa shape index (κ2) is 8.87. The monoisotopic (exact) mass is 398 g/mol. The lowest BCUT2D eigenvalue weighted by Crippen LogP contribution is -2.07. The number of hydrogen-bond acceptors (Lipinski definition) is 9. The first kappa shape index (κ1) is 19.9. The summed E-state index contributed by atoms with van der Waals surface area (Å²) in [4.78, 5) is 27.8. The Balaban J connectivity index is 1.64. The summed E-state index contributed by atoms with van der Waals surface area (Å²) in [6.07, 6.45) is 0. The van der Waals surface area contributed by atoms with Crippen molar-refractivity contribution in [3.8, 4) is 22.9 Å². The van der Waals surface area contributed by atoms with Gasteiger partial charge in [0.1, 0.15) is 0 Å². The Morgan fingerprint density at radius 1 is 0.897 bits per heavy atom. The smallest absolute Gasteiger partial charge is 0.338 e. The average Bonchev–Trinajstić information content (AvgIpc) is 3.25. The van der Waals surface area contributed by atoms with Gasteiger partial charge in [-0.3, -0.25) is 0 Å². The predicted octanol–water partition coefficient (Wildman–Crippen LogP) is 2.90. The molecule has 2 aromatic carbocycles. The number of rotatable bonds is 7. The van der Waals surface area contributed by atoms with Gasteiger partial charge in [0, 0.05) is 5.56 Å². The number of benzene rings is 2. The van der Waals surface area contributed by atoms with E-state index in [2.05, 4.69) is 14.9 Å². The zero-order chi connectivity index (χ0) is 20.8. The van der Waals surface area contributed by atoms with Crippen molar-refractivity contribution in [3.05, 3.63) is 59.5 Å². The first-order chi connectivity index (χ1) is 14.0. The highest BCUT2D eigenvalue weighted by molar-refractivity contribution is 5.93. The minimum Gasteiger partial charge on any atom is -0.493 e. The van der Waals surface area contributed by atoms with E-state index < -0.39 is 11.9 Å². The maximum Gasteiger partial charge on any atom is 0.338 e. The van der Waals surface area contributed by atoms with Crippen molar-refractivity contribution >= 4 is 11.9 Å². The van der Waals surface area contributed by atoms with Gasteiger partial charge in [0.05, 0.1) is 32.5 Å². The van der Waals surface area contributed by atoms with E-state index >= 15 is 0 Å². The Bertz CT molecular complexity index is 1010. The Labute approximate surface area is 166 Å². The van der Waals surface area contributed by atoms with Crippen LogP contribution < -0.4 is 9.47 Å². The minimum absolute atomic E-state index is 0.134. The number of hydrogen-bond donors (Lipinski definition) is 0. The van der Waals surface area contributed by atoms with Crippen LogP contribution in [0, 0.1) is 0 Å². The van der Waals surface area contributed by atoms with Gasteiger partial charge in [-0.25, -0.2) is 9.59 Å². The van der Waals surface area contributed by atoms with Gasteiger partial charge in [0.25, 0.3) is 5.89 Å². The first-order valence-electron chi connectivity index (χ1n) is 8.46. The molecule has 3 rings (SSSR count). The fraction of sp³-hybridized carbons (Fsp3) is 0.200. The number of nitrogens with zero attached hydrogens (tertiary/aromatic N) is 2. The predicted molar refractivity (Wildman–Crippen MR) is 99.7 cm³/mol. The SMILES string of the molecule is COC(=O)c1ccc(C(=O)OCc2nc(-c3ccc(OC)c(OC)c3)no2)cc1. The van der Waals surface area contributed by atoms with Crippen LogP contribution in [0.1, 0.15) is 26.6 Å². The van der Waals surface area contributed by atoms with Gasteiger partial charge in [-0.05, 0) is 42.5 Å². The standard InChI is InChI=1S/C20H18N2O7/c1-25-15-9-8-14(10-16(15)26-2)18-21-17(29-22-18)11-28-20(24)13-6-4-12(5-7-13)19(23)27-3/h4-10H,11H2,1-3H3. The van der Waals surface area contributed by atoms with E-state index in [1.165, 1.54) is 38.5 Å². The van der Waals surface area contributed by atoms with Crippen molar-refractivity contribution in [2.24, 2.45) is 0 Å². The van der Waals surface area contributed by atoms with Crippen molar-refractivity contribution in [1.29, 1.82) is 0 Å². The molecule has 0 saturated carbocycles. The molecule has 0 amide bonds. The Hall–Kier alpha value is -3.88. The zero-order valence-corrected chi connectivity index (χ0v) is 16.0. The Morgan fingerprint density at radius 2 is 1.55 bits per heavy atom. The topological polar surface area (TPSA) is 110 Å². The summed E-state index contributed by atoms with van der Waals surface area (Å²) in [6, 6.07) is 11.1. The lowest BCUT2D eigenvalue weighted by Gasteiger charge is -2.07. The molecule has 1 aromatic heterocycles. The van der Waals surface area contributed by atoms with E-state index in [0.717, 1.165) is 0 Å². The molecule has 0 aliphatic carbocycles. The maximum atomic E-state index is 12.1. The van der Waals surface area contributed by atoms with E-state index in [0.29, 0.717) is 28.5 Å². The molecule has 1 heterocycles. The largest absolute Gasteiger partial charge is 0.493 e. The number of methoxy groups -OCH3 is 3. The molecule has 9 heteroatoms.